The summed E-state index contributed by atoms with van der Waals surface area (Å²) in [7, 11) is 0. The zero-order valence-corrected chi connectivity index (χ0v) is 12.5. The van der Waals surface area contributed by atoms with Crippen LogP contribution in [0.2, 0.25) is 5.02 Å². The lowest BCUT2D eigenvalue weighted by molar-refractivity contribution is 0.552. The van der Waals surface area contributed by atoms with Gasteiger partial charge in [0.05, 0.1) is 0 Å². The van der Waals surface area contributed by atoms with Crippen molar-refractivity contribution >= 4 is 11.6 Å². The van der Waals surface area contributed by atoms with E-state index in [0.717, 1.165) is 17.9 Å². The summed E-state index contributed by atoms with van der Waals surface area (Å²) in [5, 5.41) is 0.761. The molecule has 0 radical (unpaired) electrons. The second kappa shape index (κ2) is 7.44. The van der Waals surface area contributed by atoms with Gasteiger partial charge in [-0.25, -0.2) is 0 Å². The Labute approximate surface area is 125 Å². The molecule has 1 atom stereocenters. The van der Waals surface area contributed by atoms with Crippen molar-refractivity contribution in [3.63, 3.8) is 0 Å². The lowest BCUT2D eigenvalue weighted by atomic mass is 9.98. The van der Waals surface area contributed by atoms with Gasteiger partial charge in [-0.15, -0.1) is 0 Å². The van der Waals surface area contributed by atoms with Gasteiger partial charge in [0, 0.05) is 11.1 Å². The van der Waals surface area contributed by atoms with Crippen molar-refractivity contribution in [2.24, 2.45) is 5.84 Å². The molecule has 0 bridgehead atoms. The number of rotatable bonds is 6. The van der Waals surface area contributed by atoms with E-state index < -0.39 is 0 Å². The molecule has 0 fully saturated rings. The Morgan fingerprint density at radius 1 is 1.10 bits per heavy atom. The molecule has 0 spiro atoms. The number of hydrazine groups is 1. The molecule has 0 saturated heterocycles. The smallest absolute Gasteiger partial charge is 0.0500 e. The van der Waals surface area contributed by atoms with Crippen LogP contribution in [0, 0.1) is 0 Å². The Morgan fingerprint density at radius 2 is 1.85 bits per heavy atom. The number of hydrogen-bond donors (Lipinski definition) is 2. The molecule has 2 aromatic rings. The SMILES string of the molecule is CCCc1ccc(C(Cc2cccc(Cl)c2)NN)cc1. The van der Waals surface area contributed by atoms with E-state index in [9.17, 15) is 0 Å². The van der Waals surface area contributed by atoms with Gasteiger partial charge in [-0.3, -0.25) is 11.3 Å². The Kier molecular flexibility index (Phi) is 5.60. The Hall–Kier alpha value is -1.35. The van der Waals surface area contributed by atoms with Gasteiger partial charge in [0.15, 0.2) is 0 Å². The fourth-order valence-corrected chi connectivity index (χ4v) is 2.59. The molecule has 0 aliphatic rings. The molecule has 106 valence electrons. The van der Waals surface area contributed by atoms with E-state index in [1.165, 1.54) is 23.1 Å². The van der Waals surface area contributed by atoms with E-state index in [4.69, 9.17) is 17.4 Å². The zero-order valence-electron chi connectivity index (χ0n) is 11.8. The molecule has 3 heteroatoms. The van der Waals surface area contributed by atoms with Gasteiger partial charge in [0.2, 0.25) is 0 Å². The first-order valence-corrected chi connectivity index (χ1v) is 7.40. The molecule has 0 saturated carbocycles. The van der Waals surface area contributed by atoms with Gasteiger partial charge in [-0.2, -0.15) is 0 Å². The predicted octanol–water partition coefficient (Wildman–Crippen LogP) is 4.04. The lowest BCUT2D eigenvalue weighted by Crippen LogP contribution is -2.29. The second-order valence-electron chi connectivity index (χ2n) is 5.04. The van der Waals surface area contributed by atoms with E-state index in [2.05, 4.69) is 42.7 Å². The molecule has 20 heavy (non-hydrogen) atoms. The van der Waals surface area contributed by atoms with Crippen LogP contribution in [-0.4, -0.2) is 0 Å². The van der Waals surface area contributed by atoms with Crippen LogP contribution in [0.25, 0.3) is 0 Å². The first-order valence-electron chi connectivity index (χ1n) is 7.02. The van der Waals surface area contributed by atoms with E-state index in [1.807, 2.05) is 18.2 Å². The fraction of sp³-hybridized carbons (Fsp3) is 0.294. The van der Waals surface area contributed by atoms with Crippen LogP contribution < -0.4 is 11.3 Å². The van der Waals surface area contributed by atoms with Crippen molar-refractivity contribution in [2.75, 3.05) is 0 Å². The summed E-state index contributed by atoms with van der Waals surface area (Å²) < 4.78 is 0. The summed E-state index contributed by atoms with van der Waals surface area (Å²) in [6.45, 7) is 2.19. The minimum absolute atomic E-state index is 0.101. The highest BCUT2D eigenvalue weighted by Crippen LogP contribution is 2.20. The normalized spacial score (nSPS) is 12.3. The van der Waals surface area contributed by atoms with Crippen LogP contribution in [0.1, 0.15) is 36.1 Å². The van der Waals surface area contributed by atoms with Crippen molar-refractivity contribution in [3.8, 4) is 0 Å². The highest BCUT2D eigenvalue weighted by Gasteiger charge is 2.10. The van der Waals surface area contributed by atoms with Gasteiger partial charge >= 0.3 is 0 Å². The third-order valence-corrected chi connectivity index (χ3v) is 3.69. The molecule has 0 heterocycles. The van der Waals surface area contributed by atoms with Crippen molar-refractivity contribution in [1.29, 1.82) is 0 Å². The number of halogens is 1. The van der Waals surface area contributed by atoms with Crippen molar-refractivity contribution in [1.82, 2.24) is 5.43 Å². The summed E-state index contributed by atoms with van der Waals surface area (Å²) in [5.74, 6) is 5.70. The van der Waals surface area contributed by atoms with Gasteiger partial charge in [0.1, 0.15) is 0 Å². The minimum atomic E-state index is 0.101. The average molecular weight is 289 g/mol. The fourth-order valence-electron chi connectivity index (χ4n) is 2.38. The number of hydrogen-bond acceptors (Lipinski definition) is 2. The molecule has 0 amide bonds. The number of benzene rings is 2. The third kappa shape index (κ3) is 4.07. The molecule has 1 unspecified atom stereocenters. The monoisotopic (exact) mass is 288 g/mol. The van der Waals surface area contributed by atoms with E-state index in [0.29, 0.717) is 0 Å². The molecular weight excluding hydrogens is 268 g/mol. The number of nitrogens with two attached hydrogens (primary N) is 1. The Balaban J connectivity index is 2.11. The van der Waals surface area contributed by atoms with Gasteiger partial charge in [-0.05, 0) is 41.7 Å². The molecule has 0 aliphatic carbocycles. The van der Waals surface area contributed by atoms with Crippen LogP contribution in [0.15, 0.2) is 48.5 Å². The number of nitrogens with one attached hydrogen (secondary N) is 1. The van der Waals surface area contributed by atoms with Gasteiger partial charge in [-0.1, -0.05) is 61.3 Å². The molecule has 2 nitrogen and oxygen atoms in total. The van der Waals surface area contributed by atoms with Crippen LogP contribution in [0.5, 0.6) is 0 Å². The summed E-state index contributed by atoms with van der Waals surface area (Å²) >= 11 is 6.02. The van der Waals surface area contributed by atoms with E-state index >= 15 is 0 Å². The molecule has 3 N–H and O–H groups in total. The average Bonchev–Trinajstić information content (AvgIpc) is 2.46. The quantitative estimate of drug-likeness (QED) is 0.622. The highest BCUT2D eigenvalue weighted by atomic mass is 35.5. The number of aryl methyl sites for hydroxylation is 1. The lowest BCUT2D eigenvalue weighted by Gasteiger charge is -2.17. The zero-order chi connectivity index (χ0) is 14.4. The molecule has 0 aromatic heterocycles. The van der Waals surface area contributed by atoms with Crippen LogP contribution >= 0.6 is 11.6 Å². The molecule has 0 aliphatic heterocycles. The summed E-state index contributed by atoms with van der Waals surface area (Å²) in [4.78, 5) is 0. The van der Waals surface area contributed by atoms with Crippen molar-refractivity contribution in [3.05, 3.63) is 70.2 Å². The minimum Gasteiger partial charge on any atom is -0.271 e. The first kappa shape index (κ1) is 15.0. The van der Waals surface area contributed by atoms with Crippen molar-refractivity contribution < 1.29 is 0 Å². The molecular formula is C17H21ClN2. The van der Waals surface area contributed by atoms with Gasteiger partial charge in [0.25, 0.3) is 0 Å². The van der Waals surface area contributed by atoms with E-state index in [1.54, 1.807) is 0 Å². The Bertz CT molecular complexity index is 537. The topological polar surface area (TPSA) is 38.0 Å². The third-order valence-electron chi connectivity index (χ3n) is 3.45. The van der Waals surface area contributed by atoms with Crippen LogP contribution in [0.3, 0.4) is 0 Å². The molecule has 2 rings (SSSR count). The maximum Gasteiger partial charge on any atom is 0.0500 e. The maximum atomic E-state index is 6.02. The van der Waals surface area contributed by atoms with Crippen LogP contribution in [-0.2, 0) is 12.8 Å². The largest absolute Gasteiger partial charge is 0.271 e. The van der Waals surface area contributed by atoms with Gasteiger partial charge < -0.3 is 0 Å². The second-order valence-corrected chi connectivity index (χ2v) is 5.48. The van der Waals surface area contributed by atoms with Crippen molar-refractivity contribution in [2.45, 2.75) is 32.2 Å². The highest BCUT2D eigenvalue weighted by molar-refractivity contribution is 6.30. The first-order chi connectivity index (χ1) is 9.72. The summed E-state index contributed by atoms with van der Waals surface area (Å²) in [6.07, 6.45) is 3.11. The summed E-state index contributed by atoms with van der Waals surface area (Å²) in [5.41, 5.74) is 6.64. The standard InChI is InChI=1S/C17H21ClN2/c1-2-4-13-7-9-15(10-8-13)17(20-19)12-14-5-3-6-16(18)11-14/h3,5-11,17,20H,2,4,12,19H2,1H3. The predicted molar refractivity (Wildman–Crippen MR) is 85.7 cm³/mol. The summed E-state index contributed by atoms with van der Waals surface area (Å²) in [6, 6.07) is 16.7. The van der Waals surface area contributed by atoms with E-state index in [-0.39, 0.29) is 6.04 Å². The maximum absolute atomic E-state index is 6.02. The van der Waals surface area contributed by atoms with Crippen LogP contribution in [0.4, 0.5) is 0 Å². The Morgan fingerprint density at radius 3 is 2.45 bits per heavy atom. The molecule has 2 aromatic carbocycles.